The number of rotatable bonds is 1. The summed E-state index contributed by atoms with van der Waals surface area (Å²) in [5.41, 5.74) is 2.00. The molecule has 76 valence electrons. The average molecular weight is 211 g/mol. The Labute approximate surface area is 85.8 Å². The Morgan fingerprint density at radius 2 is 2.36 bits per heavy atom. The summed E-state index contributed by atoms with van der Waals surface area (Å²) in [6, 6.07) is 5.54. The van der Waals surface area contributed by atoms with E-state index in [1.165, 1.54) is 0 Å². The molecule has 0 fully saturated rings. The summed E-state index contributed by atoms with van der Waals surface area (Å²) in [5.74, 6) is 0.588. The van der Waals surface area contributed by atoms with E-state index in [9.17, 15) is 4.21 Å². The van der Waals surface area contributed by atoms with Crippen molar-refractivity contribution in [2.45, 2.75) is 18.2 Å². The van der Waals surface area contributed by atoms with Crippen LogP contribution in [0.1, 0.15) is 12.5 Å². The quantitative estimate of drug-likeness (QED) is 0.697. The molecular formula is C10H13NO2S. The van der Waals surface area contributed by atoms with Crippen molar-refractivity contribution in [2.24, 2.45) is 5.92 Å². The fourth-order valence-electron chi connectivity index (χ4n) is 1.82. The maximum Gasteiger partial charge on any atom is 0.188 e. The highest BCUT2D eigenvalue weighted by Gasteiger charge is 2.18. The molecule has 1 aliphatic heterocycles. The van der Waals surface area contributed by atoms with Crippen LogP contribution < -0.4 is 5.32 Å². The molecule has 1 aliphatic rings. The molecule has 2 rings (SSSR count). The Morgan fingerprint density at radius 1 is 1.57 bits per heavy atom. The summed E-state index contributed by atoms with van der Waals surface area (Å²) in [6.07, 6.45) is 0.980. The van der Waals surface area contributed by atoms with Crippen LogP contribution in [0.25, 0.3) is 0 Å². The predicted octanol–water partition coefficient (Wildman–Crippen LogP) is 1.87. The van der Waals surface area contributed by atoms with Crippen molar-refractivity contribution in [2.75, 3.05) is 11.9 Å². The molecule has 1 heterocycles. The molecule has 0 radical (unpaired) electrons. The minimum atomic E-state index is -1.89. The van der Waals surface area contributed by atoms with E-state index in [0.717, 1.165) is 24.2 Å². The van der Waals surface area contributed by atoms with Gasteiger partial charge in [0.25, 0.3) is 0 Å². The summed E-state index contributed by atoms with van der Waals surface area (Å²) in [7, 11) is 0. The third kappa shape index (κ3) is 1.67. The fourth-order valence-corrected chi connectivity index (χ4v) is 2.39. The van der Waals surface area contributed by atoms with E-state index in [-0.39, 0.29) is 0 Å². The van der Waals surface area contributed by atoms with E-state index in [1.54, 1.807) is 6.07 Å². The van der Waals surface area contributed by atoms with Gasteiger partial charge < -0.3 is 9.87 Å². The predicted molar refractivity (Wildman–Crippen MR) is 56.8 cm³/mol. The van der Waals surface area contributed by atoms with Gasteiger partial charge in [-0.1, -0.05) is 19.1 Å². The number of hydrogen-bond acceptors (Lipinski definition) is 2. The van der Waals surface area contributed by atoms with Crippen LogP contribution in [0.4, 0.5) is 5.69 Å². The van der Waals surface area contributed by atoms with Gasteiger partial charge in [-0.3, -0.25) is 0 Å². The van der Waals surface area contributed by atoms with Gasteiger partial charge in [0.1, 0.15) is 0 Å². The van der Waals surface area contributed by atoms with Crippen LogP contribution >= 0.6 is 0 Å². The van der Waals surface area contributed by atoms with Crippen LogP contribution in [0, 0.1) is 5.92 Å². The highest BCUT2D eigenvalue weighted by molar-refractivity contribution is 7.79. The monoisotopic (exact) mass is 211 g/mol. The minimum absolute atomic E-state index is 0.495. The van der Waals surface area contributed by atoms with Gasteiger partial charge in [-0.2, -0.15) is 0 Å². The third-order valence-electron chi connectivity index (χ3n) is 2.50. The second-order valence-electron chi connectivity index (χ2n) is 3.73. The average Bonchev–Trinajstić information content (AvgIpc) is 2.16. The first-order valence-electron chi connectivity index (χ1n) is 4.65. The summed E-state index contributed by atoms with van der Waals surface area (Å²) < 4.78 is 20.1. The zero-order valence-electron chi connectivity index (χ0n) is 7.99. The van der Waals surface area contributed by atoms with Gasteiger partial charge in [0, 0.05) is 6.54 Å². The Bertz CT molecular complexity index is 378. The highest BCUT2D eigenvalue weighted by atomic mass is 32.2. The Hall–Kier alpha value is -0.870. The van der Waals surface area contributed by atoms with Gasteiger partial charge in [0.2, 0.25) is 0 Å². The molecule has 3 nitrogen and oxygen atoms in total. The Balaban J connectivity index is 2.46. The summed E-state index contributed by atoms with van der Waals surface area (Å²) in [6.45, 7) is 3.04. The second-order valence-corrected chi connectivity index (χ2v) is 4.67. The minimum Gasteiger partial charge on any atom is -0.383 e. The fraction of sp³-hybridized carbons (Fsp3) is 0.400. The van der Waals surface area contributed by atoms with Gasteiger partial charge in [-0.15, -0.1) is 0 Å². The zero-order valence-corrected chi connectivity index (χ0v) is 8.80. The highest BCUT2D eigenvalue weighted by Crippen LogP contribution is 2.29. The smallest absolute Gasteiger partial charge is 0.188 e. The molecule has 0 amide bonds. The van der Waals surface area contributed by atoms with Crippen LogP contribution in [-0.2, 0) is 17.5 Å². The van der Waals surface area contributed by atoms with Crippen molar-refractivity contribution in [3.8, 4) is 0 Å². The van der Waals surface area contributed by atoms with Gasteiger partial charge >= 0.3 is 0 Å². The maximum atomic E-state index is 11.0. The lowest BCUT2D eigenvalue weighted by molar-refractivity contribution is 0.561. The molecule has 1 aromatic rings. The standard InChI is InChI=1S/C10H13NO2S/c1-7-5-8-3-2-4-9(14(12)13)10(8)11-6-7/h2-4,7,11H,5-6H2,1H3,(H,12,13). The lowest BCUT2D eigenvalue weighted by atomic mass is 9.96. The molecule has 14 heavy (non-hydrogen) atoms. The summed E-state index contributed by atoms with van der Waals surface area (Å²) >= 11 is -1.89. The topological polar surface area (TPSA) is 49.3 Å². The molecule has 0 spiro atoms. The zero-order chi connectivity index (χ0) is 10.1. The number of hydrogen-bond donors (Lipinski definition) is 2. The normalized spacial score (nSPS) is 22.3. The summed E-state index contributed by atoms with van der Waals surface area (Å²) in [5, 5.41) is 3.21. The van der Waals surface area contributed by atoms with Crippen molar-refractivity contribution in [3.05, 3.63) is 23.8 Å². The van der Waals surface area contributed by atoms with Crippen LogP contribution in [0.15, 0.2) is 23.1 Å². The summed E-state index contributed by atoms with van der Waals surface area (Å²) in [4.78, 5) is 0.495. The molecule has 0 saturated carbocycles. The molecule has 4 heteroatoms. The molecule has 2 unspecified atom stereocenters. The van der Waals surface area contributed by atoms with Gasteiger partial charge in [0.05, 0.1) is 10.6 Å². The van der Waals surface area contributed by atoms with Crippen LogP contribution in [0.2, 0.25) is 0 Å². The number of nitrogens with one attached hydrogen (secondary N) is 1. The number of anilines is 1. The molecule has 0 aliphatic carbocycles. The van der Waals surface area contributed by atoms with Crippen molar-refractivity contribution in [3.63, 3.8) is 0 Å². The SMILES string of the molecule is CC1CNc2c(cccc2S(=O)O)C1. The van der Waals surface area contributed by atoms with Gasteiger partial charge in [0.15, 0.2) is 11.1 Å². The van der Waals surface area contributed by atoms with Crippen LogP contribution in [0.3, 0.4) is 0 Å². The first-order valence-corrected chi connectivity index (χ1v) is 5.76. The maximum absolute atomic E-state index is 11.0. The lowest BCUT2D eigenvalue weighted by Crippen LogP contribution is -2.21. The van der Waals surface area contributed by atoms with Crippen molar-refractivity contribution in [1.29, 1.82) is 0 Å². The number of fused-ring (bicyclic) bond motifs is 1. The molecule has 2 atom stereocenters. The third-order valence-corrected chi connectivity index (χ3v) is 3.21. The number of para-hydroxylation sites is 1. The van der Waals surface area contributed by atoms with Gasteiger partial charge in [-0.05, 0) is 24.0 Å². The molecule has 0 aromatic heterocycles. The number of benzene rings is 1. The Morgan fingerprint density at radius 3 is 3.07 bits per heavy atom. The molecule has 0 bridgehead atoms. The Kier molecular flexibility index (Phi) is 2.56. The first kappa shape index (κ1) is 9.68. The van der Waals surface area contributed by atoms with Crippen molar-refractivity contribution in [1.82, 2.24) is 0 Å². The van der Waals surface area contributed by atoms with Crippen LogP contribution in [0.5, 0.6) is 0 Å². The molecule has 0 saturated heterocycles. The van der Waals surface area contributed by atoms with E-state index in [0.29, 0.717) is 10.8 Å². The molecule has 1 aromatic carbocycles. The van der Waals surface area contributed by atoms with E-state index in [4.69, 9.17) is 4.55 Å². The van der Waals surface area contributed by atoms with E-state index < -0.39 is 11.1 Å². The lowest BCUT2D eigenvalue weighted by Gasteiger charge is -2.24. The van der Waals surface area contributed by atoms with Crippen molar-refractivity contribution >= 4 is 16.8 Å². The molecular weight excluding hydrogens is 198 g/mol. The van der Waals surface area contributed by atoms with E-state index in [1.807, 2.05) is 12.1 Å². The largest absolute Gasteiger partial charge is 0.383 e. The van der Waals surface area contributed by atoms with Gasteiger partial charge in [-0.25, -0.2) is 4.21 Å². The van der Waals surface area contributed by atoms with Crippen LogP contribution in [-0.4, -0.2) is 15.3 Å². The van der Waals surface area contributed by atoms with E-state index in [2.05, 4.69) is 12.2 Å². The first-order chi connectivity index (χ1) is 6.68. The second kappa shape index (κ2) is 3.71. The molecule has 2 N–H and O–H groups in total. The van der Waals surface area contributed by atoms with Crippen molar-refractivity contribution < 1.29 is 8.76 Å². The van der Waals surface area contributed by atoms with E-state index >= 15 is 0 Å².